The van der Waals surface area contributed by atoms with Crippen molar-refractivity contribution in [1.29, 1.82) is 0 Å². The Labute approximate surface area is 163 Å². The Kier molecular flexibility index (Phi) is 6.32. The van der Waals surface area contributed by atoms with Crippen LogP contribution in [0.3, 0.4) is 0 Å². The summed E-state index contributed by atoms with van der Waals surface area (Å²) in [6.45, 7) is 2.56. The van der Waals surface area contributed by atoms with Crippen LogP contribution in [-0.2, 0) is 11.2 Å². The maximum atomic E-state index is 10.6. The molecule has 0 fully saturated rings. The Bertz CT molecular complexity index is 941. The van der Waals surface area contributed by atoms with Crippen LogP contribution in [0.25, 0.3) is 10.9 Å². The average Bonchev–Trinajstić information content (AvgIpc) is 2.66. The summed E-state index contributed by atoms with van der Waals surface area (Å²) >= 11 is 0. The third kappa shape index (κ3) is 5.36. The highest BCUT2D eigenvalue weighted by Crippen LogP contribution is 2.26. The summed E-state index contributed by atoms with van der Waals surface area (Å²) in [6.07, 6.45) is 1.55. The minimum absolute atomic E-state index is 0.00266. The molecule has 1 atom stereocenters. The van der Waals surface area contributed by atoms with E-state index in [-0.39, 0.29) is 12.5 Å². The second-order valence-electron chi connectivity index (χ2n) is 6.68. The summed E-state index contributed by atoms with van der Waals surface area (Å²) in [7, 11) is 0. The van der Waals surface area contributed by atoms with Gasteiger partial charge in [-0.05, 0) is 55.7 Å². The normalized spacial score (nSPS) is 11.9. The Balaban J connectivity index is 1.47. The largest absolute Gasteiger partial charge is 0.550 e. The van der Waals surface area contributed by atoms with Gasteiger partial charge in [0.2, 0.25) is 0 Å². The van der Waals surface area contributed by atoms with Crippen LogP contribution in [-0.4, -0.2) is 23.7 Å². The predicted molar refractivity (Wildman–Crippen MR) is 106 cm³/mol. The van der Waals surface area contributed by atoms with Gasteiger partial charge in [-0.3, -0.25) is 0 Å². The van der Waals surface area contributed by atoms with Gasteiger partial charge in [0.15, 0.2) is 0 Å². The van der Waals surface area contributed by atoms with Crippen molar-refractivity contribution in [3.8, 4) is 11.5 Å². The molecule has 0 radical (unpaired) electrons. The first-order valence-electron chi connectivity index (χ1n) is 9.25. The Hall–Kier alpha value is -3.28. The molecule has 1 heterocycles. The average molecular weight is 379 g/mol. The van der Waals surface area contributed by atoms with E-state index >= 15 is 0 Å². The van der Waals surface area contributed by atoms with E-state index in [2.05, 4.69) is 4.98 Å². The molecule has 2 aromatic carbocycles. The monoisotopic (exact) mass is 379 g/mol. The first-order valence-corrected chi connectivity index (χ1v) is 9.25. The highest BCUT2D eigenvalue weighted by molar-refractivity contribution is 5.85. The van der Waals surface area contributed by atoms with E-state index in [1.807, 2.05) is 31.2 Å². The lowest BCUT2D eigenvalue weighted by Crippen LogP contribution is -2.24. The van der Waals surface area contributed by atoms with E-state index in [9.17, 15) is 9.90 Å². The van der Waals surface area contributed by atoms with Gasteiger partial charge >= 0.3 is 0 Å². The molecular weight excluding hydrogens is 356 g/mol. The molecule has 1 unspecified atom stereocenters. The number of anilines is 1. The van der Waals surface area contributed by atoms with E-state index < -0.39 is 5.97 Å². The Morgan fingerprint density at radius 3 is 2.68 bits per heavy atom. The van der Waals surface area contributed by atoms with Gasteiger partial charge in [0.05, 0.1) is 12.7 Å². The number of benzene rings is 2. The number of ether oxygens (including phenoxy) is 2. The van der Waals surface area contributed by atoms with E-state index in [1.165, 1.54) is 0 Å². The smallest absolute Gasteiger partial charge is 0.146 e. The molecule has 0 aliphatic carbocycles. The number of aromatic nitrogens is 1. The van der Waals surface area contributed by atoms with E-state index in [0.717, 1.165) is 29.5 Å². The van der Waals surface area contributed by atoms with Crippen molar-refractivity contribution in [2.24, 2.45) is 0 Å². The number of pyridine rings is 1. The molecule has 0 aliphatic rings. The van der Waals surface area contributed by atoms with Gasteiger partial charge in [-0.2, -0.15) is 0 Å². The zero-order valence-corrected chi connectivity index (χ0v) is 15.8. The number of nitrogens with zero attached hydrogens (tertiary/aromatic N) is 1. The number of fused-ring (bicyclic) bond motifs is 1. The van der Waals surface area contributed by atoms with Crippen molar-refractivity contribution in [2.45, 2.75) is 32.3 Å². The van der Waals surface area contributed by atoms with Gasteiger partial charge in [-0.15, -0.1) is 0 Å². The quantitative estimate of drug-likeness (QED) is 0.574. The highest BCUT2D eigenvalue weighted by atomic mass is 16.5. The van der Waals surface area contributed by atoms with Crippen molar-refractivity contribution in [1.82, 2.24) is 4.98 Å². The molecule has 3 aromatic rings. The molecule has 0 spiro atoms. The summed E-state index contributed by atoms with van der Waals surface area (Å²) in [5.41, 5.74) is 7.25. The number of rotatable bonds is 9. The Morgan fingerprint density at radius 1 is 1.14 bits per heavy atom. The second kappa shape index (κ2) is 9.08. The van der Waals surface area contributed by atoms with Gasteiger partial charge in [-0.25, -0.2) is 4.98 Å². The Morgan fingerprint density at radius 2 is 1.93 bits per heavy atom. The maximum Gasteiger partial charge on any atom is 0.146 e. The van der Waals surface area contributed by atoms with Crippen LogP contribution < -0.4 is 20.3 Å². The van der Waals surface area contributed by atoms with Crippen LogP contribution >= 0.6 is 0 Å². The third-order valence-corrected chi connectivity index (χ3v) is 4.33. The highest BCUT2D eigenvalue weighted by Gasteiger charge is 2.09. The summed E-state index contributed by atoms with van der Waals surface area (Å²) < 4.78 is 11.8. The maximum absolute atomic E-state index is 10.6. The molecule has 0 saturated heterocycles. The zero-order chi connectivity index (χ0) is 19.9. The van der Waals surface area contributed by atoms with Crippen molar-refractivity contribution in [2.75, 3.05) is 12.3 Å². The SMILES string of the molecule is CC(CCCOc1ccc(CC(=O)[O-])cc1)Oc1cccc2ccc(N)nc12. The number of nitrogen functional groups attached to an aromatic ring is 1. The standard InChI is InChI=1S/C22H24N2O4/c1-15(28-19-6-2-5-17-9-12-20(23)24-22(17)19)4-3-13-27-18-10-7-16(8-11-18)14-21(25)26/h2,5-12,15H,3-4,13-14H2,1H3,(H2,23,24)(H,25,26)/p-1. The number of carboxylic acid groups (broad SMARTS) is 1. The number of hydrogen-bond donors (Lipinski definition) is 1. The fraction of sp³-hybridized carbons (Fsp3) is 0.273. The van der Waals surface area contributed by atoms with Gasteiger partial charge in [0.1, 0.15) is 22.8 Å². The summed E-state index contributed by atoms with van der Waals surface area (Å²) in [6, 6.07) is 16.5. The topological polar surface area (TPSA) is 97.5 Å². The van der Waals surface area contributed by atoms with Gasteiger partial charge in [0, 0.05) is 17.8 Å². The van der Waals surface area contributed by atoms with Gasteiger partial charge < -0.3 is 25.1 Å². The van der Waals surface area contributed by atoms with Crippen LogP contribution in [0, 0.1) is 0 Å². The number of hydrogen-bond acceptors (Lipinski definition) is 6. The fourth-order valence-electron chi connectivity index (χ4n) is 2.94. The van der Waals surface area contributed by atoms with Crippen molar-refractivity contribution in [3.63, 3.8) is 0 Å². The molecule has 6 nitrogen and oxygen atoms in total. The zero-order valence-electron chi connectivity index (χ0n) is 15.8. The summed E-state index contributed by atoms with van der Waals surface area (Å²) in [5, 5.41) is 11.6. The summed E-state index contributed by atoms with van der Waals surface area (Å²) in [4.78, 5) is 15.0. The lowest BCUT2D eigenvalue weighted by molar-refractivity contribution is -0.304. The molecular formula is C22H23N2O4-. The molecule has 0 amide bonds. The third-order valence-electron chi connectivity index (χ3n) is 4.33. The molecule has 0 aliphatic heterocycles. The minimum atomic E-state index is -1.09. The molecule has 0 bridgehead atoms. The lowest BCUT2D eigenvalue weighted by Gasteiger charge is -2.16. The van der Waals surface area contributed by atoms with E-state index in [4.69, 9.17) is 15.2 Å². The number of para-hydroxylation sites is 1. The first-order chi connectivity index (χ1) is 13.5. The molecule has 28 heavy (non-hydrogen) atoms. The summed E-state index contributed by atoms with van der Waals surface area (Å²) in [5.74, 6) is 0.813. The minimum Gasteiger partial charge on any atom is -0.550 e. The molecule has 2 N–H and O–H groups in total. The van der Waals surface area contributed by atoms with Crippen molar-refractivity contribution < 1.29 is 19.4 Å². The van der Waals surface area contributed by atoms with Crippen LogP contribution in [0.2, 0.25) is 0 Å². The molecule has 0 saturated carbocycles. The number of carboxylic acids is 1. The molecule has 3 rings (SSSR count). The van der Waals surface area contributed by atoms with Crippen molar-refractivity contribution >= 4 is 22.7 Å². The lowest BCUT2D eigenvalue weighted by atomic mass is 10.1. The van der Waals surface area contributed by atoms with Crippen LogP contribution in [0.5, 0.6) is 11.5 Å². The molecule has 1 aromatic heterocycles. The predicted octanol–water partition coefficient (Wildman–Crippen LogP) is 2.74. The number of carbonyl (C=O) groups excluding carboxylic acids is 1. The first kappa shape index (κ1) is 19.5. The van der Waals surface area contributed by atoms with Crippen LogP contribution in [0.15, 0.2) is 54.6 Å². The number of nitrogens with two attached hydrogens (primary N) is 1. The van der Waals surface area contributed by atoms with Crippen LogP contribution in [0.1, 0.15) is 25.3 Å². The molecule has 6 heteroatoms. The van der Waals surface area contributed by atoms with Crippen LogP contribution in [0.4, 0.5) is 5.82 Å². The van der Waals surface area contributed by atoms with Crippen molar-refractivity contribution in [3.05, 3.63) is 60.2 Å². The van der Waals surface area contributed by atoms with E-state index in [1.54, 1.807) is 30.3 Å². The second-order valence-corrected chi connectivity index (χ2v) is 6.68. The number of carbonyl (C=O) groups is 1. The fourth-order valence-corrected chi connectivity index (χ4v) is 2.94. The van der Waals surface area contributed by atoms with Gasteiger partial charge in [0.25, 0.3) is 0 Å². The number of aliphatic carboxylic acids is 1. The molecule has 146 valence electrons. The van der Waals surface area contributed by atoms with E-state index in [0.29, 0.717) is 23.7 Å². The van der Waals surface area contributed by atoms with Gasteiger partial charge in [-0.1, -0.05) is 24.3 Å².